The Morgan fingerprint density at radius 2 is 2.14 bits per heavy atom. The van der Waals surface area contributed by atoms with E-state index in [0.717, 1.165) is 5.03 Å². The number of rotatable bonds is 2. The van der Waals surface area contributed by atoms with Gasteiger partial charge >= 0.3 is 0 Å². The minimum atomic E-state index is -0.105. The predicted molar refractivity (Wildman–Crippen MR) is 56.6 cm³/mol. The van der Waals surface area contributed by atoms with E-state index in [9.17, 15) is 0 Å². The fourth-order valence-electron chi connectivity index (χ4n) is 1.55. The number of halogens is 1. The van der Waals surface area contributed by atoms with Gasteiger partial charge in [0.15, 0.2) is 0 Å². The summed E-state index contributed by atoms with van der Waals surface area (Å²) < 4.78 is 5.22. The maximum atomic E-state index is 6.10. The first-order valence-corrected chi connectivity index (χ1v) is 5.09. The van der Waals surface area contributed by atoms with E-state index >= 15 is 0 Å². The van der Waals surface area contributed by atoms with Crippen molar-refractivity contribution in [3.05, 3.63) is 11.3 Å². The Hall–Kier alpha value is -0.250. The monoisotopic (exact) mass is 219 g/mol. The van der Waals surface area contributed by atoms with Crippen LogP contribution in [0.2, 0.25) is 0 Å². The van der Waals surface area contributed by atoms with Crippen LogP contribution in [0.5, 0.6) is 0 Å². The number of ether oxygens (including phenoxy) is 1. The van der Waals surface area contributed by atoms with Gasteiger partial charge in [-0.1, -0.05) is 32.4 Å². The fraction of sp³-hybridized carbons (Fsp3) is 0.800. The molecule has 1 aliphatic heterocycles. The molecule has 0 saturated carbocycles. The van der Waals surface area contributed by atoms with Gasteiger partial charge in [0.2, 0.25) is 0 Å². The highest BCUT2D eigenvalue weighted by Gasteiger charge is 2.40. The zero-order chi connectivity index (χ0) is 10.9. The van der Waals surface area contributed by atoms with E-state index in [1.165, 1.54) is 0 Å². The van der Waals surface area contributed by atoms with Gasteiger partial charge in [-0.3, -0.25) is 0 Å². The topological polar surface area (TPSA) is 21.7 Å². The number of hydroxylamine groups is 2. The lowest BCUT2D eigenvalue weighted by molar-refractivity contribution is -0.220. The van der Waals surface area contributed by atoms with Gasteiger partial charge in [-0.15, -0.1) is 5.06 Å². The summed E-state index contributed by atoms with van der Waals surface area (Å²) in [6.45, 7) is 8.30. The quantitative estimate of drug-likeness (QED) is 0.713. The molecule has 14 heavy (non-hydrogen) atoms. The maximum absolute atomic E-state index is 6.10. The highest BCUT2D eigenvalue weighted by Crippen LogP contribution is 2.37. The van der Waals surface area contributed by atoms with E-state index in [1.54, 1.807) is 18.4 Å². The second-order valence-electron chi connectivity index (χ2n) is 4.57. The van der Waals surface area contributed by atoms with Crippen LogP contribution in [0.25, 0.3) is 0 Å². The van der Waals surface area contributed by atoms with Gasteiger partial charge in [0, 0.05) is 7.11 Å². The highest BCUT2D eigenvalue weighted by atomic mass is 35.5. The third-order valence-corrected chi connectivity index (χ3v) is 2.62. The molecule has 0 aromatic carbocycles. The molecule has 2 atom stereocenters. The van der Waals surface area contributed by atoms with Crippen LogP contribution in [0.1, 0.15) is 27.7 Å². The second-order valence-corrected chi connectivity index (χ2v) is 5.01. The van der Waals surface area contributed by atoms with Crippen LogP contribution in [0.3, 0.4) is 0 Å². The molecule has 0 saturated heterocycles. The van der Waals surface area contributed by atoms with E-state index in [0.29, 0.717) is 0 Å². The first-order chi connectivity index (χ1) is 6.38. The molecule has 0 aliphatic carbocycles. The minimum Gasteiger partial charge on any atom is -0.409 e. The molecule has 1 heterocycles. The van der Waals surface area contributed by atoms with E-state index in [-0.39, 0.29) is 17.7 Å². The van der Waals surface area contributed by atoms with Crippen molar-refractivity contribution in [3.63, 3.8) is 0 Å². The number of methoxy groups -OCH3 is 1. The normalized spacial score (nSPS) is 25.9. The fourth-order valence-corrected chi connectivity index (χ4v) is 2.02. The Morgan fingerprint density at radius 1 is 1.57 bits per heavy atom. The highest BCUT2D eigenvalue weighted by molar-refractivity contribution is 6.30. The van der Waals surface area contributed by atoms with Gasteiger partial charge in [0.1, 0.15) is 12.5 Å². The van der Waals surface area contributed by atoms with Crippen molar-refractivity contribution >= 4 is 11.6 Å². The molecule has 0 bridgehead atoms. The Balaban J connectivity index is 2.82. The van der Waals surface area contributed by atoms with Crippen LogP contribution >= 0.6 is 11.6 Å². The Morgan fingerprint density at radius 3 is 2.57 bits per heavy atom. The first-order valence-electron chi connectivity index (χ1n) is 4.71. The molecule has 0 radical (unpaired) electrons. The maximum Gasteiger partial charge on any atom is 0.141 e. The van der Waals surface area contributed by atoms with Crippen LogP contribution < -0.4 is 0 Å². The summed E-state index contributed by atoms with van der Waals surface area (Å²) in [4.78, 5) is 5.37. The predicted octanol–water partition coefficient (Wildman–Crippen LogP) is 2.72. The molecule has 0 aromatic rings. The molecule has 0 aromatic heterocycles. The molecular formula is C10H18ClNO2. The molecule has 0 N–H and O–H groups in total. The molecule has 3 nitrogen and oxygen atoms in total. The van der Waals surface area contributed by atoms with Gasteiger partial charge < -0.3 is 9.57 Å². The van der Waals surface area contributed by atoms with Crippen molar-refractivity contribution in [2.45, 2.75) is 40.0 Å². The largest absolute Gasteiger partial charge is 0.409 e. The van der Waals surface area contributed by atoms with Gasteiger partial charge in [-0.2, -0.15) is 0 Å². The molecule has 0 spiro atoms. The van der Waals surface area contributed by atoms with Gasteiger partial charge in [0.05, 0.1) is 11.1 Å². The lowest BCUT2D eigenvalue weighted by Gasteiger charge is -2.35. The Bertz CT molecular complexity index is 235. The summed E-state index contributed by atoms with van der Waals surface area (Å²) in [5.74, 6) is 0. The Labute approximate surface area is 90.6 Å². The molecule has 1 aliphatic rings. The summed E-state index contributed by atoms with van der Waals surface area (Å²) in [5, 5.41) is 2.50. The van der Waals surface area contributed by atoms with Crippen LogP contribution in [-0.4, -0.2) is 24.4 Å². The Kier molecular flexibility index (Phi) is 3.45. The summed E-state index contributed by atoms with van der Waals surface area (Å²) in [6.07, 6.45) is 1.47. The van der Waals surface area contributed by atoms with E-state index in [2.05, 4.69) is 20.8 Å². The molecule has 4 heteroatoms. The van der Waals surface area contributed by atoms with Crippen molar-refractivity contribution in [2.24, 2.45) is 5.41 Å². The van der Waals surface area contributed by atoms with Crippen LogP contribution in [-0.2, 0) is 9.57 Å². The lowest BCUT2D eigenvalue weighted by Crippen LogP contribution is -2.45. The van der Waals surface area contributed by atoms with Gasteiger partial charge in [-0.25, -0.2) is 0 Å². The van der Waals surface area contributed by atoms with E-state index in [4.69, 9.17) is 21.2 Å². The zero-order valence-electron chi connectivity index (χ0n) is 9.37. The van der Waals surface area contributed by atoms with E-state index < -0.39 is 0 Å². The standard InChI is InChI=1S/C10H18ClNO2/c1-7(13-5)12-9(10(2,3)4)8(11)6-14-12/h6-7,9H,1-5H3. The lowest BCUT2D eigenvalue weighted by atomic mass is 9.86. The average molecular weight is 220 g/mol. The van der Waals surface area contributed by atoms with Crippen molar-refractivity contribution in [1.29, 1.82) is 0 Å². The van der Waals surface area contributed by atoms with Crippen LogP contribution in [0, 0.1) is 5.41 Å². The summed E-state index contributed by atoms with van der Waals surface area (Å²) in [6, 6.07) is 0.0547. The molecule has 0 fully saturated rings. The summed E-state index contributed by atoms with van der Waals surface area (Å²) in [5.41, 5.74) is 0.0247. The minimum absolute atomic E-state index is 0.0247. The average Bonchev–Trinajstić information content (AvgIpc) is 2.44. The second kappa shape index (κ2) is 4.09. The third-order valence-electron chi connectivity index (χ3n) is 2.32. The molecule has 0 amide bonds. The summed E-state index contributed by atoms with van der Waals surface area (Å²) in [7, 11) is 1.65. The third kappa shape index (κ3) is 2.22. The zero-order valence-corrected chi connectivity index (χ0v) is 10.1. The van der Waals surface area contributed by atoms with Crippen LogP contribution in [0.15, 0.2) is 11.3 Å². The smallest absolute Gasteiger partial charge is 0.141 e. The van der Waals surface area contributed by atoms with Crippen molar-refractivity contribution in [1.82, 2.24) is 5.06 Å². The SMILES string of the molecule is COC(C)N1OC=C(Cl)C1C(C)(C)C. The molecule has 1 rings (SSSR count). The van der Waals surface area contributed by atoms with Crippen molar-refractivity contribution < 1.29 is 9.57 Å². The molecule has 82 valence electrons. The van der Waals surface area contributed by atoms with Crippen molar-refractivity contribution in [2.75, 3.05) is 7.11 Å². The van der Waals surface area contributed by atoms with Gasteiger partial charge in [-0.05, 0) is 12.3 Å². The first kappa shape index (κ1) is 11.8. The number of hydrogen-bond acceptors (Lipinski definition) is 3. The molecular weight excluding hydrogens is 202 g/mol. The van der Waals surface area contributed by atoms with Crippen molar-refractivity contribution in [3.8, 4) is 0 Å². The van der Waals surface area contributed by atoms with E-state index in [1.807, 2.05) is 6.92 Å². The van der Waals surface area contributed by atoms with Gasteiger partial charge in [0.25, 0.3) is 0 Å². The molecule has 2 unspecified atom stereocenters. The number of nitrogens with zero attached hydrogens (tertiary/aromatic N) is 1. The summed E-state index contributed by atoms with van der Waals surface area (Å²) >= 11 is 6.10. The number of hydrogen-bond donors (Lipinski definition) is 0. The van der Waals surface area contributed by atoms with Crippen LogP contribution in [0.4, 0.5) is 0 Å².